The monoisotopic (exact) mass is 254 g/mol. The minimum atomic E-state index is 0.0615. The van der Waals surface area contributed by atoms with E-state index in [9.17, 15) is 0 Å². The van der Waals surface area contributed by atoms with Crippen molar-refractivity contribution in [1.82, 2.24) is 0 Å². The van der Waals surface area contributed by atoms with Gasteiger partial charge in [0, 0.05) is 0 Å². The molecule has 0 heterocycles. The van der Waals surface area contributed by atoms with E-state index in [1.165, 1.54) is 5.56 Å². The van der Waals surface area contributed by atoms with Crippen molar-refractivity contribution >= 4 is 11.4 Å². The van der Waals surface area contributed by atoms with Crippen LogP contribution in [-0.4, -0.2) is 10.8 Å². The van der Waals surface area contributed by atoms with Crippen molar-refractivity contribution in [2.75, 3.05) is 5.43 Å². The molecule has 0 aromatic heterocycles. The second-order valence-electron chi connectivity index (χ2n) is 4.53. The van der Waals surface area contributed by atoms with Gasteiger partial charge < -0.3 is 5.11 Å². The molecule has 2 N–H and O–H groups in total. The molecule has 0 aliphatic carbocycles. The van der Waals surface area contributed by atoms with Gasteiger partial charge in [0.1, 0.15) is 0 Å². The summed E-state index contributed by atoms with van der Waals surface area (Å²) in [5.41, 5.74) is 8.09. The van der Waals surface area contributed by atoms with Crippen LogP contribution < -0.4 is 5.43 Å². The van der Waals surface area contributed by atoms with Crippen molar-refractivity contribution in [1.29, 1.82) is 0 Å². The number of hydrazone groups is 1. The Balaban J connectivity index is 2.06. The van der Waals surface area contributed by atoms with E-state index < -0.39 is 0 Å². The van der Waals surface area contributed by atoms with Crippen LogP contribution in [0.15, 0.2) is 53.6 Å². The van der Waals surface area contributed by atoms with Crippen molar-refractivity contribution in [3.63, 3.8) is 0 Å². The van der Waals surface area contributed by atoms with Gasteiger partial charge in [0.05, 0.1) is 18.0 Å². The fraction of sp³-hybridized carbons (Fsp3) is 0.188. The van der Waals surface area contributed by atoms with Crippen molar-refractivity contribution < 1.29 is 5.11 Å². The van der Waals surface area contributed by atoms with Crippen LogP contribution in [0.4, 0.5) is 5.69 Å². The molecule has 0 atom stereocenters. The number of hydrogen-bond donors (Lipinski definition) is 2. The molecule has 0 unspecified atom stereocenters. The van der Waals surface area contributed by atoms with Crippen LogP contribution in [0.3, 0.4) is 0 Å². The molecule has 0 radical (unpaired) electrons. The Morgan fingerprint density at radius 1 is 1.05 bits per heavy atom. The second kappa shape index (κ2) is 6.16. The van der Waals surface area contributed by atoms with Gasteiger partial charge in [-0.25, -0.2) is 0 Å². The van der Waals surface area contributed by atoms with Gasteiger partial charge in [-0.3, -0.25) is 5.43 Å². The number of rotatable bonds is 4. The number of anilines is 1. The lowest BCUT2D eigenvalue weighted by Gasteiger charge is -2.05. The largest absolute Gasteiger partial charge is 0.392 e. The molecule has 19 heavy (non-hydrogen) atoms. The molecule has 2 aromatic carbocycles. The lowest BCUT2D eigenvalue weighted by atomic mass is 10.1. The highest BCUT2D eigenvalue weighted by Crippen LogP contribution is 2.10. The molecule has 0 fully saturated rings. The highest BCUT2D eigenvalue weighted by molar-refractivity contribution is 5.99. The summed E-state index contributed by atoms with van der Waals surface area (Å²) >= 11 is 0. The third-order valence-corrected chi connectivity index (χ3v) is 2.96. The summed E-state index contributed by atoms with van der Waals surface area (Å²) in [6, 6.07) is 15.8. The Morgan fingerprint density at radius 2 is 1.68 bits per heavy atom. The molecule has 0 saturated carbocycles. The summed E-state index contributed by atoms with van der Waals surface area (Å²) in [6.07, 6.45) is 0. The predicted molar refractivity (Wildman–Crippen MR) is 79.4 cm³/mol. The molecular weight excluding hydrogens is 236 g/mol. The van der Waals surface area contributed by atoms with E-state index in [0.29, 0.717) is 0 Å². The fourth-order valence-electron chi connectivity index (χ4n) is 1.69. The van der Waals surface area contributed by atoms with Gasteiger partial charge in [-0.2, -0.15) is 5.10 Å². The Hall–Kier alpha value is -2.13. The molecule has 0 bridgehead atoms. The first-order valence-electron chi connectivity index (χ1n) is 6.26. The summed E-state index contributed by atoms with van der Waals surface area (Å²) in [4.78, 5) is 0. The summed E-state index contributed by atoms with van der Waals surface area (Å²) in [7, 11) is 0. The maximum atomic E-state index is 8.97. The van der Waals surface area contributed by atoms with Gasteiger partial charge in [-0.05, 0) is 37.1 Å². The molecule has 3 heteroatoms. The van der Waals surface area contributed by atoms with Gasteiger partial charge in [0.2, 0.25) is 0 Å². The van der Waals surface area contributed by atoms with E-state index in [1.807, 2.05) is 31.2 Å². The molecule has 2 rings (SSSR count). The summed E-state index contributed by atoms with van der Waals surface area (Å²) in [5.74, 6) is 0. The van der Waals surface area contributed by atoms with Crippen LogP contribution in [0.1, 0.15) is 23.6 Å². The maximum absolute atomic E-state index is 8.97. The zero-order valence-corrected chi connectivity index (χ0v) is 11.2. The van der Waals surface area contributed by atoms with Crippen molar-refractivity contribution in [3.8, 4) is 0 Å². The number of aliphatic hydroxyl groups excluding tert-OH is 1. The third-order valence-electron chi connectivity index (χ3n) is 2.96. The number of benzene rings is 2. The molecule has 0 saturated heterocycles. The second-order valence-corrected chi connectivity index (χ2v) is 4.53. The Morgan fingerprint density at radius 3 is 2.26 bits per heavy atom. The highest BCUT2D eigenvalue weighted by Gasteiger charge is 1.97. The quantitative estimate of drug-likeness (QED) is 0.649. The number of aliphatic hydroxyl groups is 1. The minimum Gasteiger partial charge on any atom is -0.392 e. The minimum absolute atomic E-state index is 0.0615. The summed E-state index contributed by atoms with van der Waals surface area (Å²) in [6.45, 7) is 4.10. The normalized spacial score (nSPS) is 11.4. The Kier molecular flexibility index (Phi) is 4.31. The first-order valence-corrected chi connectivity index (χ1v) is 6.26. The first-order chi connectivity index (χ1) is 9.19. The van der Waals surface area contributed by atoms with Crippen LogP contribution in [0.25, 0.3) is 0 Å². The van der Waals surface area contributed by atoms with E-state index in [2.05, 4.69) is 41.7 Å². The molecule has 0 aliphatic heterocycles. The van der Waals surface area contributed by atoms with Crippen molar-refractivity contribution in [3.05, 3.63) is 65.2 Å². The lowest BCUT2D eigenvalue weighted by molar-refractivity contribution is 0.282. The van der Waals surface area contributed by atoms with Crippen molar-refractivity contribution in [2.45, 2.75) is 20.5 Å². The Labute approximate surface area is 113 Å². The molecule has 2 aromatic rings. The van der Waals surface area contributed by atoms with E-state index in [0.717, 1.165) is 22.5 Å². The van der Waals surface area contributed by atoms with Crippen LogP contribution in [-0.2, 0) is 6.61 Å². The third kappa shape index (κ3) is 3.66. The van der Waals surface area contributed by atoms with Gasteiger partial charge >= 0.3 is 0 Å². The number of nitrogens with zero attached hydrogens (tertiary/aromatic N) is 1. The van der Waals surface area contributed by atoms with E-state index >= 15 is 0 Å². The number of aryl methyl sites for hydroxylation is 1. The highest BCUT2D eigenvalue weighted by atomic mass is 16.3. The molecule has 98 valence electrons. The van der Waals surface area contributed by atoms with Crippen molar-refractivity contribution in [2.24, 2.45) is 5.10 Å². The Bertz CT molecular complexity index is 556. The number of hydrogen-bond acceptors (Lipinski definition) is 3. The SMILES string of the molecule is C/C(=N\Nc1ccc(CO)cc1)c1ccc(C)cc1. The van der Waals surface area contributed by atoms with Crippen LogP contribution in [0, 0.1) is 6.92 Å². The van der Waals surface area contributed by atoms with E-state index in [4.69, 9.17) is 5.11 Å². The summed E-state index contributed by atoms with van der Waals surface area (Å²) < 4.78 is 0. The lowest BCUT2D eigenvalue weighted by Crippen LogP contribution is -1.99. The summed E-state index contributed by atoms with van der Waals surface area (Å²) in [5, 5.41) is 13.3. The van der Waals surface area contributed by atoms with Gasteiger partial charge in [-0.15, -0.1) is 0 Å². The predicted octanol–water partition coefficient (Wildman–Crippen LogP) is 3.32. The standard InChI is InChI=1S/C16H18N2O/c1-12-3-7-15(8-4-12)13(2)17-18-16-9-5-14(11-19)6-10-16/h3-10,18-19H,11H2,1-2H3/b17-13+. The van der Waals surface area contributed by atoms with Crippen LogP contribution >= 0.6 is 0 Å². The molecule has 0 aliphatic rings. The first kappa shape index (κ1) is 13.3. The maximum Gasteiger partial charge on any atom is 0.0681 e. The van der Waals surface area contributed by atoms with Gasteiger partial charge in [0.15, 0.2) is 0 Å². The van der Waals surface area contributed by atoms with Gasteiger partial charge in [0.25, 0.3) is 0 Å². The zero-order valence-electron chi connectivity index (χ0n) is 11.2. The number of nitrogens with one attached hydrogen (secondary N) is 1. The molecular formula is C16H18N2O. The average molecular weight is 254 g/mol. The van der Waals surface area contributed by atoms with Crippen LogP contribution in [0.5, 0.6) is 0 Å². The molecule has 0 spiro atoms. The topological polar surface area (TPSA) is 44.6 Å². The van der Waals surface area contributed by atoms with E-state index in [1.54, 1.807) is 0 Å². The smallest absolute Gasteiger partial charge is 0.0681 e. The molecule has 3 nitrogen and oxygen atoms in total. The fourth-order valence-corrected chi connectivity index (χ4v) is 1.69. The zero-order chi connectivity index (χ0) is 13.7. The molecule has 0 amide bonds. The van der Waals surface area contributed by atoms with Gasteiger partial charge in [-0.1, -0.05) is 42.0 Å². The van der Waals surface area contributed by atoms with Crippen LogP contribution in [0.2, 0.25) is 0 Å². The average Bonchev–Trinajstić information content (AvgIpc) is 2.46. The van der Waals surface area contributed by atoms with E-state index in [-0.39, 0.29) is 6.61 Å².